The lowest BCUT2D eigenvalue weighted by atomic mass is 10.0. The molecule has 1 aromatic carbocycles. The van der Waals surface area contributed by atoms with E-state index in [2.05, 4.69) is 5.32 Å². The quantitative estimate of drug-likeness (QED) is 0.360. The van der Waals surface area contributed by atoms with E-state index in [4.69, 9.17) is 5.73 Å². The number of rotatable bonds is 4. The second-order valence-corrected chi connectivity index (χ2v) is 3.77. The highest BCUT2D eigenvalue weighted by molar-refractivity contribution is 6.22. The van der Waals surface area contributed by atoms with Crippen molar-refractivity contribution in [3.8, 4) is 0 Å². The third-order valence-corrected chi connectivity index (χ3v) is 2.40. The van der Waals surface area contributed by atoms with Crippen LogP contribution in [-0.2, 0) is 9.59 Å². The molecule has 0 spiro atoms. The Morgan fingerprint density at radius 1 is 1.24 bits per heavy atom. The number of hydrogen-bond acceptors (Lipinski definition) is 4. The van der Waals surface area contributed by atoms with Crippen molar-refractivity contribution in [2.75, 3.05) is 18.1 Å². The summed E-state index contributed by atoms with van der Waals surface area (Å²) in [6, 6.07) is 5.28. The summed E-state index contributed by atoms with van der Waals surface area (Å²) < 4.78 is 0. The third-order valence-electron chi connectivity index (χ3n) is 2.40. The summed E-state index contributed by atoms with van der Waals surface area (Å²) in [5.41, 5.74) is 7.99. The molecule has 90 valence electrons. The predicted octanol–water partition coefficient (Wildman–Crippen LogP) is 1.87. The SMILES string of the molecule is CNc1ccc(N)cc1C=C(C(C)=O)C(C)=O. The van der Waals surface area contributed by atoms with Gasteiger partial charge in [-0.15, -0.1) is 0 Å². The molecule has 0 bridgehead atoms. The number of anilines is 2. The molecule has 1 aromatic rings. The molecule has 0 aliphatic heterocycles. The lowest BCUT2D eigenvalue weighted by molar-refractivity contribution is -0.119. The van der Waals surface area contributed by atoms with Gasteiger partial charge in [-0.1, -0.05) is 0 Å². The van der Waals surface area contributed by atoms with Crippen LogP contribution in [0, 0.1) is 0 Å². The second-order valence-electron chi connectivity index (χ2n) is 3.77. The van der Waals surface area contributed by atoms with E-state index >= 15 is 0 Å². The Balaban J connectivity index is 3.32. The number of Topliss-reactive ketones (excluding diaryl/α,β-unsaturated/α-hetero) is 2. The van der Waals surface area contributed by atoms with Crippen LogP contribution in [0.4, 0.5) is 11.4 Å². The normalized spacial score (nSPS) is 9.59. The molecule has 3 N–H and O–H groups in total. The number of nitrogen functional groups attached to an aromatic ring is 1. The fourth-order valence-electron chi connectivity index (χ4n) is 1.53. The van der Waals surface area contributed by atoms with Gasteiger partial charge in [0.15, 0.2) is 11.6 Å². The standard InChI is InChI=1S/C13H16N2O2/c1-8(16)12(9(2)17)7-10-6-11(14)4-5-13(10)15-3/h4-7,15H,14H2,1-3H3. The number of hydrogen-bond donors (Lipinski definition) is 2. The lowest BCUT2D eigenvalue weighted by Gasteiger charge is -2.07. The number of allylic oxidation sites excluding steroid dienone is 1. The summed E-state index contributed by atoms with van der Waals surface area (Å²) in [6.45, 7) is 2.75. The largest absolute Gasteiger partial charge is 0.399 e. The van der Waals surface area contributed by atoms with E-state index in [9.17, 15) is 9.59 Å². The van der Waals surface area contributed by atoms with Crippen molar-refractivity contribution in [2.24, 2.45) is 0 Å². The molecule has 0 heterocycles. The van der Waals surface area contributed by atoms with Crippen molar-refractivity contribution >= 4 is 29.0 Å². The Bertz CT molecular complexity index is 474. The van der Waals surface area contributed by atoms with Crippen LogP contribution in [0.3, 0.4) is 0 Å². The molecule has 17 heavy (non-hydrogen) atoms. The molecule has 1 rings (SSSR count). The fourth-order valence-corrected chi connectivity index (χ4v) is 1.53. The summed E-state index contributed by atoms with van der Waals surface area (Å²) in [4.78, 5) is 22.7. The first-order chi connectivity index (χ1) is 7.95. The maximum atomic E-state index is 11.3. The molecule has 4 nitrogen and oxygen atoms in total. The van der Waals surface area contributed by atoms with E-state index in [1.807, 2.05) is 0 Å². The molecule has 0 atom stereocenters. The summed E-state index contributed by atoms with van der Waals surface area (Å²) in [5.74, 6) is -0.496. The highest BCUT2D eigenvalue weighted by Crippen LogP contribution is 2.21. The van der Waals surface area contributed by atoms with Crippen LogP contribution in [0.25, 0.3) is 6.08 Å². The van der Waals surface area contributed by atoms with E-state index < -0.39 is 0 Å². The number of nitrogens with two attached hydrogens (primary N) is 1. The Hall–Kier alpha value is -2.10. The van der Waals surface area contributed by atoms with E-state index in [0.29, 0.717) is 5.69 Å². The molecule has 0 aliphatic carbocycles. The van der Waals surface area contributed by atoms with Crippen molar-refractivity contribution < 1.29 is 9.59 Å². The summed E-state index contributed by atoms with van der Waals surface area (Å²) in [7, 11) is 1.77. The number of carbonyl (C=O) groups excluding carboxylic acids is 2. The van der Waals surface area contributed by atoms with Crippen LogP contribution in [0.5, 0.6) is 0 Å². The molecule has 0 unspecified atom stereocenters. The van der Waals surface area contributed by atoms with Crippen LogP contribution >= 0.6 is 0 Å². The van der Waals surface area contributed by atoms with Gasteiger partial charge in [-0.05, 0) is 38.1 Å². The Labute approximate surface area is 101 Å². The Kier molecular flexibility index (Phi) is 4.04. The second kappa shape index (κ2) is 5.30. The lowest BCUT2D eigenvalue weighted by Crippen LogP contribution is -2.06. The van der Waals surface area contributed by atoms with Crippen LogP contribution in [0.2, 0.25) is 0 Å². The maximum Gasteiger partial charge on any atom is 0.163 e. The van der Waals surface area contributed by atoms with E-state index in [1.54, 1.807) is 31.3 Å². The molecular formula is C13H16N2O2. The molecule has 0 aliphatic rings. The van der Waals surface area contributed by atoms with Crippen LogP contribution in [0.15, 0.2) is 23.8 Å². The highest BCUT2D eigenvalue weighted by atomic mass is 16.1. The topological polar surface area (TPSA) is 72.2 Å². The van der Waals surface area contributed by atoms with Gasteiger partial charge in [-0.3, -0.25) is 9.59 Å². The molecule has 0 aromatic heterocycles. The Morgan fingerprint density at radius 3 is 2.29 bits per heavy atom. The van der Waals surface area contributed by atoms with E-state index in [1.165, 1.54) is 13.8 Å². The van der Waals surface area contributed by atoms with Gasteiger partial charge in [0, 0.05) is 24.0 Å². The highest BCUT2D eigenvalue weighted by Gasteiger charge is 2.10. The van der Waals surface area contributed by atoms with Gasteiger partial charge in [-0.25, -0.2) is 0 Å². The predicted molar refractivity (Wildman–Crippen MR) is 69.7 cm³/mol. The molecule has 0 radical (unpaired) electrons. The first kappa shape index (κ1) is 13.0. The monoisotopic (exact) mass is 232 g/mol. The van der Waals surface area contributed by atoms with Crippen molar-refractivity contribution in [3.63, 3.8) is 0 Å². The Morgan fingerprint density at radius 2 is 1.82 bits per heavy atom. The minimum absolute atomic E-state index is 0.173. The van der Waals surface area contributed by atoms with E-state index in [-0.39, 0.29) is 17.1 Å². The molecule has 0 fully saturated rings. The number of ketones is 2. The van der Waals surface area contributed by atoms with Gasteiger partial charge in [0.2, 0.25) is 0 Å². The van der Waals surface area contributed by atoms with Gasteiger partial charge in [0.1, 0.15) is 0 Å². The molecule has 4 heteroatoms. The van der Waals surface area contributed by atoms with Crippen LogP contribution in [0.1, 0.15) is 19.4 Å². The number of nitrogens with one attached hydrogen (secondary N) is 1. The summed E-state index contributed by atoms with van der Waals surface area (Å²) in [5, 5.41) is 2.98. The third kappa shape index (κ3) is 3.17. The van der Waals surface area contributed by atoms with Crippen molar-refractivity contribution in [1.29, 1.82) is 0 Å². The zero-order valence-electron chi connectivity index (χ0n) is 10.2. The summed E-state index contributed by atoms with van der Waals surface area (Å²) in [6.07, 6.45) is 1.56. The minimum Gasteiger partial charge on any atom is -0.399 e. The molecule has 0 saturated carbocycles. The molecule has 0 amide bonds. The smallest absolute Gasteiger partial charge is 0.163 e. The van der Waals surface area contributed by atoms with Gasteiger partial charge < -0.3 is 11.1 Å². The van der Waals surface area contributed by atoms with Gasteiger partial charge >= 0.3 is 0 Å². The van der Waals surface area contributed by atoms with Crippen molar-refractivity contribution in [3.05, 3.63) is 29.3 Å². The first-order valence-corrected chi connectivity index (χ1v) is 5.26. The van der Waals surface area contributed by atoms with E-state index in [0.717, 1.165) is 11.3 Å². The van der Waals surface area contributed by atoms with Gasteiger partial charge in [0.25, 0.3) is 0 Å². The molecular weight excluding hydrogens is 216 g/mol. The minimum atomic E-state index is -0.248. The van der Waals surface area contributed by atoms with Crippen molar-refractivity contribution in [2.45, 2.75) is 13.8 Å². The zero-order chi connectivity index (χ0) is 13.0. The number of carbonyl (C=O) groups is 2. The average molecular weight is 232 g/mol. The van der Waals surface area contributed by atoms with Crippen LogP contribution in [-0.4, -0.2) is 18.6 Å². The summed E-state index contributed by atoms with van der Waals surface area (Å²) >= 11 is 0. The fraction of sp³-hybridized carbons (Fsp3) is 0.231. The number of benzene rings is 1. The average Bonchev–Trinajstić information content (AvgIpc) is 2.25. The van der Waals surface area contributed by atoms with Gasteiger partial charge in [0.05, 0.1) is 5.57 Å². The van der Waals surface area contributed by atoms with Crippen LogP contribution < -0.4 is 11.1 Å². The van der Waals surface area contributed by atoms with Gasteiger partial charge in [-0.2, -0.15) is 0 Å². The maximum absolute atomic E-state index is 11.3. The van der Waals surface area contributed by atoms with Crippen molar-refractivity contribution in [1.82, 2.24) is 0 Å². The molecule has 0 saturated heterocycles. The zero-order valence-corrected chi connectivity index (χ0v) is 10.2. The first-order valence-electron chi connectivity index (χ1n) is 5.26.